The molecule has 0 saturated carbocycles. The minimum Gasteiger partial charge on any atom is -0.482 e. The Bertz CT molecular complexity index is 760. The fourth-order valence-corrected chi connectivity index (χ4v) is 1.93. The molecule has 0 unspecified atom stereocenters. The van der Waals surface area contributed by atoms with Crippen LogP contribution in [-0.4, -0.2) is 24.7 Å². The summed E-state index contributed by atoms with van der Waals surface area (Å²) in [6.07, 6.45) is 1.78. The summed E-state index contributed by atoms with van der Waals surface area (Å²) in [5.74, 6) is 0.179. The fourth-order valence-electron chi connectivity index (χ4n) is 1.74. The normalized spacial score (nSPS) is 10.5. The van der Waals surface area contributed by atoms with Crippen LogP contribution < -0.4 is 14.9 Å². The molecule has 0 spiro atoms. The maximum Gasteiger partial charge on any atom is 0.310 e. The molecule has 7 heteroatoms. The molecule has 0 aliphatic heterocycles. The van der Waals surface area contributed by atoms with Crippen LogP contribution in [0.3, 0.4) is 0 Å². The van der Waals surface area contributed by atoms with E-state index in [0.717, 1.165) is 5.56 Å². The molecule has 1 amide bonds. The van der Waals surface area contributed by atoms with Crippen molar-refractivity contribution in [1.29, 1.82) is 0 Å². The Morgan fingerprint density at radius 2 is 1.88 bits per heavy atom. The molecular weight excluding hydrogens is 344 g/mol. The van der Waals surface area contributed by atoms with E-state index in [2.05, 4.69) is 10.5 Å². The number of carbonyl (C=O) groups excluding carboxylic acids is 2. The van der Waals surface area contributed by atoms with Crippen molar-refractivity contribution in [2.45, 2.75) is 13.3 Å². The molecule has 0 aromatic heterocycles. The van der Waals surface area contributed by atoms with Crippen LogP contribution in [0.15, 0.2) is 53.6 Å². The van der Waals surface area contributed by atoms with Gasteiger partial charge < -0.3 is 9.47 Å². The number of para-hydroxylation sites is 1. The lowest BCUT2D eigenvalue weighted by molar-refractivity contribution is -0.134. The van der Waals surface area contributed by atoms with Gasteiger partial charge in [-0.1, -0.05) is 30.7 Å². The first-order valence-corrected chi connectivity index (χ1v) is 7.96. The number of esters is 1. The highest BCUT2D eigenvalue weighted by molar-refractivity contribution is 6.32. The number of hydrogen-bond donors (Lipinski definition) is 1. The zero-order valence-electron chi connectivity index (χ0n) is 13.6. The average Bonchev–Trinajstić information content (AvgIpc) is 2.62. The van der Waals surface area contributed by atoms with Crippen molar-refractivity contribution in [1.82, 2.24) is 5.43 Å². The Morgan fingerprint density at radius 1 is 1.16 bits per heavy atom. The Hall–Kier alpha value is -2.86. The van der Waals surface area contributed by atoms with Crippen LogP contribution in [0.2, 0.25) is 5.02 Å². The van der Waals surface area contributed by atoms with Crippen LogP contribution in [0.25, 0.3) is 0 Å². The summed E-state index contributed by atoms with van der Waals surface area (Å²) in [6.45, 7) is 1.52. The van der Waals surface area contributed by atoms with Crippen LogP contribution in [0.5, 0.6) is 11.5 Å². The number of rotatable bonds is 7. The van der Waals surface area contributed by atoms with E-state index >= 15 is 0 Å². The van der Waals surface area contributed by atoms with Gasteiger partial charge in [0.15, 0.2) is 6.61 Å². The van der Waals surface area contributed by atoms with Crippen LogP contribution in [-0.2, 0) is 9.59 Å². The third-order valence-electron chi connectivity index (χ3n) is 3.00. The number of nitrogens with one attached hydrogen (secondary N) is 1. The highest BCUT2D eigenvalue weighted by Crippen LogP contribution is 2.22. The van der Waals surface area contributed by atoms with Crippen molar-refractivity contribution in [3.8, 4) is 11.5 Å². The minimum absolute atomic E-state index is 0.201. The van der Waals surface area contributed by atoms with E-state index in [1.54, 1.807) is 55.5 Å². The predicted octanol–water partition coefficient (Wildman–Crippen LogP) is 3.18. The molecule has 2 aromatic rings. The smallest absolute Gasteiger partial charge is 0.310 e. The van der Waals surface area contributed by atoms with E-state index in [0.29, 0.717) is 22.9 Å². The van der Waals surface area contributed by atoms with Crippen LogP contribution in [0.1, 0.15) is 18.9 Å². The summed E-state index contributed by atoms with van der Waals surface area (Å²) >= 11 is 5.93. The van der Waals surface area contributed by atoms with E-state index in [-0.39, 0.29) is 12.6 Å². The average molecular weight is 361 g/mol. The molecule has 0 aliphatic carbocycles. The van der Waals surface area contributed by atoms with Gasteiger partial charge in [-0.2, -0.15) is 5.10 Å². The summed E-state index contributed by atoms with van der Waals surface area (Å²) in [4.78, 5) is 22.9. The second-order valence-corrected chi connectivity index (χ2v) is 5.32. The summed E-state index contributed by atoms with van der Waals surface area (Å²) < 4.78 is 10.4. The SMILES string of the molecule is CCC(=O)Oc1ccc(/C=N/NC(=O)COc2ccccc2Cl)cc1. The number of halogens is 1. The molecule has 0 saturated heterocycles. The Kier molecular flexibility index (Phi) is 6.98. The Balaban J connectivity index is 1.79. The first-order chi connectivity index (χ1) is 12.1. The lowest BCUT2D eigenvalue weighted by Crippen LogP contribution is -2.24. The van der Waals surface area contributed by atoms with Gasteiger partial charge in [-0.25, -0.2) is 5.43 Å². The molecule has 2 aromatic carbocycles. The van der Waals surface area contributed by atoms with Gasteiger partial charge in [0.2, 0.25) is 0 Å². The Morgan fingerprint density at radius 3 is 2.56 bits per heavy atom. The highest BCUT2D eigenvalue weighted by atomic mass is 35.5. The minimum atomic E-state index is -0.412. The van der Waals surface area contributed by atoms with Crippen molar-refractivity contribution >= 4 is 29.7 Å². The standard InChI is InChI=1S/C18H17ClN2O4/c1-2-18(23)25-14-9-7-13(8-10-14)11-20-21-17(22)12-24-16-6-4-3-5-15(16)19/h3-11H,2,12H2,1H3,(H,21,22)/b20-11+. The molecular formula is C18H17ClN2O4. The summed E-state index contributed by atoms with van der Waals surface area (Å²) in [7, 11) is 0. The number of ether oxygens (including phenoxy) is 2. The number of benzene rings is 2. The molecule has 0 fully saturated rings. The molecule has 0 bridgehead atoms. The number of amides is 1. The van der Waals surface area contributed by atoms with Gasteiger partial charge in [0.05, 0.1) is 11.2 Å². The first kappa shape index (κ1) is 18.5. The lowest BCUT2D eigenvalue weighted by atomic mass is 10.2. The highest BCUT2D eigenvalue weighted by Gasteiger charge is 2.04. The third kappa shape index (κ3) is 6.27. The zero-order valence-corrected chi connectivity index (χ0v) is 14.3. The van der Waals surface area contributed by atoms with E-state index in [4.69, 9.17) is 21.1 Å². The summed E-state index contributed by atoms with van der Waals surface area (Å²) in [6, 6.07) is 13.6. The van der Waals surface area contributed by atoms with Crippen molar-refractivity contribution in [2.75, 3.05) is 6.61 Å². The van der Waals surface area contributed by atoms with Gasteiger partial charge in [-0.05, 0) is 42.0 Å². The second kappa shape index (κ2) is 9.44. The molecule has 6 nitrogen and oxygen atoms in total. The van der Waals surface area contributed by atoms with E-state index in [1.165, 1.54) is 6.21 Å². The van der Waals surface area contributed by atoms with Gasteiger partial charge in [-0.15, -0.1) is 0 Å². The van der Waals surface area contributed by atoms with E-state index in [9.17, 15) is 9.59 Å². The quantitative estimate of drug-likeness (QED) is 0.356. The molecule has 0 heterocycles. The van der Waals surface area contributed by atoms with Gasteiger partial charge in [-0.3, -0.25) is 9.59 Å². The summed E-state index contributed by atoms with van der Waals surface area (Å²) in [5, 5.41) is 4.27. The lowest BCUT2D eigenvalue weighted by Gasteiger charge is -2.06. The molecule has 0 radical (unpaired) electrons. The topological polar surface area (TPSA) is 77.0 Å². The van der Waals surface area contributed by atoms with Crippen molar-refractivity contribution in [2.24, 2.45) is 5.10 Å². The van der Waals surface area contributed by atoms with E-state index in [1.807, 2.05) is 0 Å². The third-order valence-corrected chi connectivity index (χ3v) is 3.31. The van der Waals surface area contributed by atoms with E-state index < -0.39 is 5.91 Å². The molecule has 1 N–H and O–H groups in total. The second-order valence-electron chi connectivity index (χ2n) is 4.91. The molecule has 25 heavy (non-hydrogen) atoms. The maximum absolute atomic E-state index is 11.7. The van der Waals surface area contributed by atoms with Crippen molar-refractivity contribution in [3.63, 3.8) is 0 Å². The number of nitrogens with zero attached hydrogens (tertiary/aromatic N) is 1. The molecule has 0 aliphatic rings. The van der Waals surface area contributed by atoms with Gasteiger partial charge in [0.25, 0.3) is 5.91 Å². The fraction of sp³-hybridized carbons (Fsp3) is 0.167. The van der Waals surface area contributed by atoms with Crippen LogP contribution in [0, 0.1) is 0 Å². The predicted molar refractivity (Wildman–Crippen MR) is 95.1 cm³/mol. The summed E-state index contributed by atoms with van der Waals surface area (Å²) in [5.41, 5.74) is 3.09. The van der Waals surface area contributed by atoms with Crippen molar-refractivity contribution < 1.29 is 19.1 Å². The van der Waals surface area contributed by atoms with Gasteiger partial charge in [0, 0.05) is 6.42 Å². The number of hydrazone groups is 1. The van der Waals surface area contributed by atoms with Gasteiger partial charge in [0.1, 0.15) is 11.5 Å². The molecule has 130 valence electrons. The first-order valence-electron chi connectivity index (χ1n) is 7.58. The van der Waals surface area contributed by atoms with Crippen LogP contribution in [0.4, 0.5) is 0 Å². The zero-order chi connectivity index (χ0) is 18.1. The van der Waals surface area contributed by atoms with Crippen LogP contribution >= 0.6 is 11.6 Å². The maximum atomic E-state index is 11.7. The monoisotopic (exact) mass is 360 g/mol. The largest absolute Gasteiger partial charge is 0.482 e. The van der Waals surface area contributed by atoms with Crippen molar-refractivity contribution in [3.05, 3.63) is 59.1 Å². The molecule has 2 rings (SSSR count). The Labute approximate surface area is 150 Å². The molecule has 0 atom stereocenters. The number of carbonyl (C=O) groups is 2. The number of hydrogen-bond acceptors (Lipinski definition) is 5. The van der Waals surface area contributed by atoms with Gasteiger partial charge >= 0.3 is 5.97 Å².